The first-order chi connectivity index (χ1) is 16.8. The number of aliphatic hydroxyl groups excluding tert-OH is 2. The van der Waals surface area contributed by atoms with Crippen LogP contribution in [0.1, 0.15) is 71.9 Å². The number of hydrogen-bond acceptors (Lipinski definition) is 9. The Labute approximate surface area is 217 Å². The summed E-state index contributed by atoms with van der Waals surface area (Å²) in [6, 6.07) is 0. The van der Waals surface area contributed by atoms with Gasteiger partial charge < -0.3 is 28.8 Å². The first-order valence-electron chi connectivity index (χ1n) is 12.5. The number of nitrogens with zero attached hydrogens (tertiary/aromatic N) is 1. The molecule has 2 saturated heterocycles. The number of Topliss-reactive ketones (excluding diaryl/α,β-unsaturated/α-hetero) is 1. The minimum atomic E-state index is -1.33. The molecule has 36 heavy (non-hydrogen) atoms. The molecule has 0 unspecified atom stereocenters. The molecular weight excluding hydrogens is 490 g/mol. The van der Waals surface area contributed by atoms with Crippen molar-refractivity contribution in [1.29, 1.82) is 0 Å². The summed E-state index contributed by atoms with van der Waals surface area (Å²) in [5.74, 6) is -1.33. The lowest BCUT2D eigenvalue weighted by Crippen LogP contribution is -2.48. The topological polar surface area (TPSA) is 132 Å². The van der Waals surface area contributed by atoms with Crippen molar-refractivity contribution >= 4 is 29.4 Å². The summed E-state index contributed by atoms with van der Waals surface area (Å²) >= 11 is 6.56. The van der Waals surface area contributed by atoms with E-state index in [9.17, 15) is 19.8 Å². The van der Waals surface area contributed by atoms with Crippen LogP contribution in [0.3, 0.4) is 0 Å². The molecule has 2 N–H and O–H groups in total. The second-order valence-electron chi connectivity index (χ2n) is 10.6. The first kappa shape index (κ1) is 28.8. The molecule has 1 aromatic rings. The molecule has 202 valence electrons. The fourth-order valence-electron chi connectivity index (χ4n) is 4.62. The van der Waals surface area contributed by atoms with Crippen LogP contribution in [0.2, 0.25) is 0 Å². The van der Waals surface area contributed by atoms with Gasteiger partial charge in [-0.15, -0.1) is 0 Å². The Morgan fingerprint density at radius 2 is 1.97 bits per heavy atom. The fraction of sp³-hybridized carbons (Fsp3) is 0.731. The lowest BCUT2D eigenvalue weighted by Gasteiger charge is -2.35. The molecule has 2 aliphatic heterocycles. The molecule has 2 aliphatic rings. The molecular formula is C26H38ClNO8. The van der Waals surface area contributed by atoms with E-state index in [0.717, 1.165) is 0 Å². The number of rotatable bonds is 3. The van der Waals surface area contributed by atoms with Crippen LogP contribution >= 0.6 is 11.6 Å². The Kier molecular flexibility index (Phi) is 9.04. The highest BCUT2D eigenvalue weighted by Gasteiger charge is 2.53. The van der Waals surface area contributed by atoms with Gasteiger partial charge in [-0.05, 0) is 26.3 Å². The van der Waals surface area contributed by atoms with E-state index in [1.165, 1.54) is 6.26 Å². The molecule has 0 amide bonds. The number of aromatic nitrogens is 1. The molecule has 0 aliphatic carbocycles. The predicted molar refractivity (Wildman–Crippen MR) is 132 cm³/mol. The summed E-state index contributed by atoms with van der Waals surface area (Å²) in [5.41, 5.74) is -1.32. The van der Waals surface area contributed by atoms with Crippen LogP contribution in [0.5, 0.6) is 0 Å². The van der Waals surface area contributed by atoms with Crippen LogP contribution in [0.15, 0.2) is 15.7 Å². The zero-order valence-electron chi connectivity index (χ0n) is 21.8. The van der Waals surface area contributed by atoms with Crippen LogP contribution in [0.25, 0.3) is 6.08 Å². The van der Waals surface area contributed by atoms with Gasteiger partial charge in [0.2, 0.25) is 0 Å². The van der Waals surface area contributed by atoms with Crippen molar-refractivity contribution in [3.8, 4) is 0 Å². The number of carbonyl (C=O) groups excluding carboxylic acids is 2. The number of aryl methyl sites for hydroxylation is 1. The zero-order chi connectivity index (χ0) is 26.8. The molecule has 7 atom stereocenters. The molecule has 0 bridgehead atoms. The molecule has 0 spiro atoms. The van der Waals surface area contributed by atoms with E-state index in [1.54, 1.807) is 40.7 Å². The summed E-state index contributed by atoms with van der Waals surface area (Å²) in [6.07, 6.45) is -0.245. The van der Waals surface area contributed by atoms with Crippen molar-refractivity contribution in [2.45, 2.75) is 103 Å². The van der Waals surface area contributed by atoms with Crippen molar-refractivity contribution in [2.75, 3.05) is 6.61 Å². The van der Waals surface area contributed by atoms with Gasteiger partial charge in [-0.2, -0.15) is 0 Å². The molecule has 2 fully saturated rings. The van der Waals surface area contributed by atoms with E-state index in [-0.39, 0.29) is 16.9 Å². The third-order valence-electron chi connectivity index (χ3n) is 7.44. The van der Waals surface area contributed by atoms with E-state index in [2.05, 4.69) is 4.98 Å². The van der Waals surface area contributed by atoms with Gasteiger partial charge >= 0.3 is 5.97 Å². The number of ether oxygens (including phenoxy) is 3. The standard InChI is InChI=1S/C26H38ClNO8/c1-7-17-23(31)14(2)33-9-8-26(6)21(36-26)11-19(18(27)10-16-13-34-15(3)28-16)35-22(30)12-20(29)25(4,5)24(17)32/h10,13-14,17,19-21,23,29,31H,7-9,11-12H2,1-6H3/t14-,17-,19+,20+,21+,23-,26-/m1/s1. The van der Waals surface area contributed by atoms with Crippen LogP contribution in [0.4, 0.5) is 0 Å². The normalized spacial score (nSPS) is 36.8. The molecule has 10 heteroatoms. The molecule has 3 rings (SSSR count). The number of carbonyl (C=O) groups is 2. The molecule has 0 saturated carbocycles. The number of fused-ring (bicyclic) bond motifs is 1. The summed E-state index contributed by atoms with van der Waals surface area (Å²) in [4.78, 5) is 30.5. The molecule has 9 nitrogen and oxygen atoms in total. The van der Waals surface area contributed by atoms with Crippen LogP contribution in [-0.4, -0.2) is 69.7 Å². The fourth-order valence-corrected chi connectivity index (χ4v) is 4.86. The average Bonchev–Trinajstić information content (AvgIpc) is 3.24. The van der Waals surface area contributed by atoms with Gasteiger partial charge in [0.05, 0.1) is 46.9 Å². The van der Waals surface area contributed by atoms with Gasteiger partial charge in [-0.1, -0.05) is 32.4 Å². The van der Waals surface area contributed by atoms with E-state index in [0.29, 0.717) is 37.5 Å². The van der Waals surface area contributed by atoms with Crippen molar-refractivity contribution < 1.29 is 38.4 Å². The largest absolute Gasteiger partial charge is 0.456 e. The van der Waals surface area contributed by atoms with E-state index >= 15 is 0 Å². The third-order valence-corrected chi connectivity index (χ3v) is 7.80. The summed E-state index contributed by atoms with van der Waals surface area (Å²) in [6.45, 7) is 10.6. The third kappa shape index (κ3) is 6.55. The number of halogens is 1. The van der Waals surface area contributed by atoms with Gasteiger partial charge in [0.25, 0.3) is 0 Å². The monoisotopic (exact) mass is 527 g/mol. The molecule has 0 aromatic carbocycles. The Morgan fingerprint density at radius 1 is 1.28 bits per heavy atom. The lowest BCUT2D eigenvalue weighted by molar-refractivity contribution is -0.155. The number of ketones is 1. The van der Waals surface area contributed by atoms with Crippen molar-refractivity contribution in [1.82, 2.24) is 4.98 Å². The van der Waals surface area contributed by atoms with Crippen molar-refractivity contribution in [2.24, 2.45) is 11.3 Å². The highest BCUT2D eigenvalue weighted by molar-refractivity contribution is 6.32. The summed E-state index contributed by atoms with van der Waals surface area (Å²) in [7, 11) is 0. The van der Waals surface area contributed by atoms with Crippen LogP contribution in [-0.2, 0) is 23.8 Å². The van der Waals surface area contributed by atoms with E-state index in [1.807, 2.05) is 6.92 Å². The van der Waals surface area contributed by atoms with Gasteiger partial charge in [-0.3, -0.25) is 9.59 Å². The predicted octanol–water partition coefficient (Wildman–Crippen LogP) is 3.56. The molecule has 3 heterocycles. The highest BCUT2D eigenvalue weighted by atomic mass is 35.5. The van der Waals surface area contributed by atoms with Crippen LogP contribution in [0, 0.1) is 18.3 Å². The first-order valence-corrected chi connectivity index (χ1v) is 12.8. The number of cyclic esters (lactones) is 1. The zero-order valence-corrected chi connectivity index (χ0v) is 22.6. The quantitative estimate of drug-likeness (QED) is 0.447. The molecule has 0 radical (unpaired) electrons. The van der Waals surface area contributed by atoms with Crippen molar-refractivity contribution in [3.63, 3.8) is 0 Å². The number of esters is 1. The highest BCUT2D eigenvalue weighted by Crippen LogP contribution is 2.44. The second kappa shape index (κ2) is 11.3. The Hall–Kier alpha value is -1.78. The Balaban J connectivity index is 1.87. The van der Waals surface area contributed by atoms with Gasteiger partial charge in [0.15, 0.2) is 5.89 Å². The minimum Gasteiger partial charge on any atom is -0.456 e. The Bertz CT molecular complexity index is 975. The van der Waals surface area contributed by atoms with E-state index < -0.39 is 53.7 Å². The maximum absolute atomic E-state index is 13.4. The lowest BCUT2D eigenvalue weighted by atomic mass is 9.73. The summed E-state index contributed by atoms with van der Waals surface area (Å²) in [5, 5.41) is 22.0. The van der Waals surface area contributed by atoms with E-state index in [4.69, 9.17) is 30.2 Å². The number of epoxide rings is 1. The number of oxazole rings is 1. The number of hydrogen-bond donors (Lipinski definition) is 2. The van der Waals surface area contributed by atoms with Gasteiger partial charge in [-0.25, -0.2) is 4.98 Å². The van der Waals surface area contributed by atoms with Crippen LogP contribution < -0.4 is 0 Å². The van der Waals surface area contributed by atoms with Gasteiger partial charge in [0.1, 0.15) is 23.8 Å². The number of aliphatic hydroxyl groups is 2. The smallest absolute Gasteiger partial charge is 0.309 e. The minimum absolute atomic E-state index is 0.236. The Morgan fingerprint density at radius 3 is 2.58 bits per heavy atom. The summed E-state index contributed by atoms with van der Waals surface area (Å²) < 4.78 is 22.7. The molecule has 1 aromatic heterocycles. The van der Waals surface area contributed by atoms with Gasteiger partial charge in [0, 0.05) is 32.3 Å². The maximum Gasteiger partial charge on any atom is 0.309 e. The SMILES string of the molecule is CC[C@H]1C(=O)C(C)(C)[C@@H](O)CC(=O)O[C@H](C(Cl)=Cc2coc(C)n2)C[C@@H]2O[C@]2(C)CCO[C@H](C)[C@H]1O. The van der Waals surface area contributed by atoms with Crippen molar-refractivity contribution in [3.05, 3.63) is 22.9 Å². The average molecular weight is 528 g/mol. The maximum atomic E-state index is 13.4. The second-order valence-corrected chi connectivity index (χ2v) is 11.0.